The molecule has 0 saturated heterocycles. The van der Waals surface area contributed by atoms with E-state index in [-0.39, 0.29) is 6.03 Å². The van der Waals surface area contributed by atoms with Crippen molar-refractivity contribution in [1.29, 1.82) is 0 Å². The Balaban J connectivity index is 1.85. The highest BCUT2D eigenvalue weighted by atomic mass is 16.5. The third-order valence-electron chi connectivity index (χ3n) is 4.57. The third kappa shape index (κ3) is 5.64. The van der Waals surface area contributed by atoms with Crippen LogP contribution in [0.2, 0.25) is 0 Å². The Labute approximate surface area is 177 Å². The second kappa shape index (κ2) is 10.2. The van der Waals surface area contributed by atoms with Gasteiger partial charge in [0.25, 0.3) is 0 Å². The summed E-state index contributed by atoms with van der Waals surface area (Å²) in [5.41, 5.74) is 3.59. The van der Waals surface area contributed by atoms with Gasteiger partial charge in [-0.1, -0.05) is 48.0 Å². The third-order valence-corrected chi connectivity index (χ3v) is 4.57. The number of ether oxygens (including phenoxy) is 2. The van der Waals surface area contributed by atoms with E-state index >= 15 is 0 Å². The lowest BCUT2D eigenvalue weighted by atomic mass is 10.1. The van der Waals surface area contributed by atoms with E-state index in [1.165, 1.54) is 0 Å². The first-order valence-corrected chi connectivity index (χ1v) is 9.68. The molecule has 5 heteroatoms. The van der Waals surface area contributed by atoms with E-state index in [1.807, 2.05) is 79.7 Å². The number of carbonyl (C=O) groups is 1. The molecule has 3 rings (SSSR count). The van der Waals surface area contributed by atoms with Crippen LogP contribution in [0.25, 0.3) is 6.08 Å². The lowest BCUT2D eigenvalue weighted by Gasteiger charge is -2.24. The fraction of sp³-hybridized carbons (Fsp3) is 0.160. The molecule has 1 N–H and O–H groups in total. The summed E-state index contributed by atoms with van der Waals surface area (Å²) in [5.74, 6) is 1.42. The topological polar surface area (TPSA) is 50.8 Å². The first-order chi connectivity index (χ1) is 14.6. The molecule has 154 valence electrons. The number of benzene rings is 3. The zero-order valence-corrected chi connectivity index (χ0v) is 17.5. The average molecular weight is 402 g/mol. The molecular weight excluding hydrogens is 376 g/mol. The minimum atomic E-state index is -0.228. The summed E-state index contributed by atoms with van der Waals surface area (Å²) >= 11 is 0. The van der Waals surface area contributed by atoms with Gasteiger partial charge in [-0.25, -0.2) is 4.79 Å². The molecule has 3 aromatic carbocycles. The van der Waals surface area contributed by atoms with E-state index in [0.29, 0.717) is 18.0 Å². The van der Waals surface area contributed by atoms with Crippen molar-refractivity contribution in [1.82, 2.24) is 0 Å². The van der Waals surface area contributed by atoms with Gasteiger partial charge in [0.05, 0.1) is 14.2 Å². The van der Waals surface area contributed by atoms with E-state index in [2.05, 4.69) is 11.4 Å². The molecule has 0 aliphatic rings. The number of urea groups is 1. The number of rotatable bonds is 7. The van der Waals surface area contributed by atoms with Crippen molar-refractivity contribution in [2.45, 2.75) is 6.92 Å². The lowest BCUT2D eigenvalue weighted by Crippen LogP contribution is -2.36. The van der Waals surface area contributed by atoms with Crippen LogP contribution in [0.3, 0.4) is 0 Å². The SMILES string of the molecule is COc1ccc(N(C/C(C)=C/c2ccccc2)C(=O)Nc2cccc(OC)c2)cc1. The summed E-state index contributed by atoms with van der Waals surface area (Å²) in [5, 5.41) is 2.96. The van der Waals surface area contributed by atoms with Gasteiger partial charge < -0.3 is 14.8 Å². The molecule has 0 aromatic heterocycles. The standard InChI is InChI=1S/C25H26N2O3/c1-19(16-20-8-5-4-6-9-20)18-27(22-12-14-23(29-2)15-13-22)25(28)26-21-10-7-11-24(17-21)30-3/h4-17H,18H2,1-3H3,(H,26,28)/b19-16+. The van der Waals surface area contributed by atoms with Gasteiger partial charge in [0.2, 0.25) is 0 Å². The van der Waals surface area contributed by atoms with E-state index < -0.39 is 0 Å². The van der Waals surface area contributed by atoms with E-state index in [0.717, 1.165) is 22.6 Å². The van der Waals surface area contributed by atoms with Crippen molar-refractivity contribution in [3.63, 3.8) is 0 Å². The average Bonchev–Trinajstić information content (AvgIpc) is 2.78. The molecular formula is C25H26N2O3. The smallest absolute Gasteiger partial charge is 0.326 e. The van der Waals surface area contributed by atoms with Crippen LogP contribution < -0.4 is 19.7 Å². The molecule has 0 heterocycles. The monoisotopic (exact) mass is 402 g/mol. The van der Waals surface area contributed by atoms with Gasteiger partial charge in [0.15, 0.2) is 0 Å². The predicted octanol–water partition coefficient (Wildman–Crippen LogP) is 5.85. The van der Waals surface area contributed by atoms with Crippen molar-refractivity contribution >= 4 is 23.5 Å². The Morgan fingerprint density at radius 3 is 2.27 bits per heavy atom. The fourth-order valence-corrected chi connectivity index (χ4v) is 3.06. The van der Waals surface area contributed by atoms with E-state index in [4.69, 9.17) is 9.47 Å². The normalized spacial score (nSPS) is 11.0. The largest absolute Gasteiger partial charge is 0.497 e. The maximum atomic E-state index is 13.2. The zero-order valence-electron chi connectivity index (χ0n) is 17.5. The Bertz CT molecular complexity index is 998. The highest BCUT2D eigenvalue weighted by molar-refractivity contribution is 6.02. The first kappa shape index (κ1) is 21.0. The van der Waals surface area contributed by atoms with Gasteiger partial charge in [-0.3, -0.25) is 4.90 Å². The number of amides is 2. The molecule has 3 aromatic rings. The minimum absolute atomic E-state index is 0.228. The van der Waals surface area contributed by atoms with Crippen LogP contribution in [0.4, 0.5) is 16.2 Å². The summed E-state index contributed by atoms with van der Waals surface area (Å²) < 4.78 is 10.5. The molecule has 0 atom stereocenters. The van der Waals surface area contributed by atoms with Crippen LogP contribution in [0.5, 0.6) is 11.5 Å². The molecule has 0 bridgehead atoms. The molecule has 0 saturated carbocycles. The van der Waals surface area contributed by atoms with Crippen molar-refractivity contribution in [3.05, 3.63) is 90.0 Å². The molecule has 0 unspecified atom stereocenters. The van der Waals surface area contributed by atoms with Crippen molar-refractivity contribution in [2.75, 3.05) is 31.0 Å². The van der Waals surface area contributed by atoms with Crippen LogP contribution in [0, 0.1) is 0 Å². The van der Waals surface area contributed by atoms with Gasteiger partial charge in [0.1, 0.15) is 11.5 Å². The van der Waals surface area contributed by atoms with Crippen LogP contribution >= 0.6 is 0 Å². The molecule has 2 amide bonds. The van der Waals surface area contributed by atoms with Crippen molar-refractivity contribution < 1.29 is 14.3 Å². The Hall–Kier alpha value is -3.73. The van der Waals surface area contributed by atoms with Gasteiger partial charge >= 0.3 is 6.03 Å². The highest BCUT2D eigenvalue weighted by Gasteiger charge is 2.17. The molecule has 0 aliphatic carbocycles. The van der Waals surface area contributed by atoms with Gasteiger partial charge in [-0.2, -0.15) is 0 Å². The van der Waals surface area contributed by atoms with Crippen molar-refractivity contribution in [2.24, 2.45) is 0 Å². The molecule has 0 radical (unpaired) electrons. The summed E-state index contributed by atoms with van der Waals surface area (Å²) in [6.45, 7) is 2.46. The Morgan fingerprint density at radius 2 is 1.60 bits per heavy atom. The molecule has 0 aliphatic heterocycles. The van der Waals surface area contributed by atoms with Gasteiger partial charge in [-0.15, -0.1) is 0 Å². The second-order valence-corrected chi connectivity index (χ2v) is 6.85. The number of nitrogens with one attached hydrogen (secondary N) is 1. The highest BCUT2D eigenvalue weighted by Crippen LogP contribution is 2.23. The minimum Gasteiger partial charge on any atom is -0.497 e. The predicted molar refractivity (Wildman–Crippen MR) is 122 cm³/mol. The van der Waals surface area contributed by atoms with Crippen molar-refractivity contribution in [3.8, 4) is 11.5 Å². The molecule has 30 heavy (non-hydrogen) atoms. The number of methoxy groups -OCH3 is 2. The number of nitrogens with zero attached hydrogens (tertiary/aromatic N) is 1. The Morgan fingerprint density at radius 1 is 0.900 bits per heavy atom. The van der Waals surface area contributed by atoms with Crippen LogP contribution in [-0.4, -0.2) is 26.8 Å². The summed E-state index contributed by atoms with van der Waals surface area (Å²) in [6.07, 6.45) is 2.08. The van der Waals surface area contributed by atoms with Gasteiger partial charge in [0, 0.05) is 24.0 Å². The summed E-state index contributed by atoms with van der Waals surface area (Å²) in [7, 11) is 3.22. The summed E-state index contributed by atoms with van der Waals surface area (Å²) in [4.78, 5) is 14.9. The zero-order chi connectivity index (χ0) is 21.3. The van der Waals surface area contributed by atoms with Gasteiger partial charge in [-0.05, 0) is 48.9 Å². The molecule has 0 fully saturated rings. The maximum absolute atomic E-state index is 13.2. The maximum Gasteiger partial charge on any atom is 0.326 e. The van der Waals surface area contributed by atoms with Crippen LogP contribution in [-0.2, 0) is 0 Å². The molecule has 0 spiro atoms. The van der Waals surface area contributed by atoms with Crippen LogP contribution in [0.1, 0.15) is 12.5 Å². The summed E-state index contributed by atoms with van der Waals surface area (Å²) in [6, 6.07) is 24.6. The molecule has 5 nitrogen and oxygen atoms in total. The van der Waals surface area contributed by atoms with E-state index in [1.54, 1.807) is 25.2 Å². The van der Waals surface area contributed by atoms with Crippen LogP contribution in [0.15, 0.2) is 84.4 Å². The lowest BCUT2D eigenvalue weighted by molar-refractivity contribution is 0.257. The fourth-order valence-electron chi connectivity index (χ4n) is 3.06. The number of hydrogen-bond acceptors (Lipinski definition) is 3. The quantitative estimate of drug-likeness (QED) is 0.540. The second-order valence-electron chi connectivity index (χ2n) is 6.85. The Kier molecular flexibility index (Phi) is 7.11. The number of hydrogen-bond donors (Lipinski definition) is 1. The van der Waals surface area contributed by atoms with E-state index in [9.17, 15) is 4.79 Å². The first-order valence-electron chi connectivity index (χ1n) is 9.68. The number of carbonyl (C=O) groups excluding carboxylic acids is 1. The number of anilines is 2.